The Hall–Kier alpha value is -0.833. The Balaban J connectivity index is 4.27. The minimum atomic E-state index is -1.76. The molecule has 68 valence electrons. The van der Waals surface area contributed by atoms with E-state index in [-0.39, 0.29) is 5.78 Å². The molecule has 12 heavy (non-hydrogen) atoms. The highest BCUT2D eigenvalue weighted by atomic mass is 28.4. The second-order valence-electron chi connectivity index (χ2n) is 3.28. The van der Waals surface area contributed by atoms with Crippen molar-refractivity contribution in [2.24, 2.45) is 0 Å². The van der Waals surface area contributed by atoms with Crippen molar-refractivity contribution in [1.29, 1.82) is 0 Å². The number of ketones is 1. The van der Waals surface area contributed by atoms with Gasteiger partial charge in [-0.1, -0.05) is 5.70 Å². The van der Waals surface area contributed by atoms with Gasteiger partial charge in [-0.25, -0.2) is 0 Å². The molecule has 0 unspecified atom stereocenters. The second kappa shape index (κ2) is 4.26. The van der Waals surface area contributed by atoms with Crippen molar-refractivity contribution >= 4 is 14.1 Å². The molecule has 0 atom stereocenters. The average molecular weight is 184 g/mol. The molecule has 0 aliphatic rings. The highest BCUT2D eigenvalue weighted by Gasteiger charge is 2.18. The Morgan fingerprint density at radius 3 is 2.25 bits per heavy atom. The van der Waals surface area contributed by atoms with Gasteiger partial charge in [-0.15, -0.1) is 6.58 Å². The Morgan fingerprint density at radius 1 is 1.42 bits per heavy atom. The van der Waals surface area contributed by atoms with Gasteiger partial charge in [0.1, 0.15) is 0 Å². The minimum absolute atomic E-state index is 0.0152. The molecule has 3 heteroatoms. The molecule has 0 radical (unpaired) electrons. The van der Waals surface area contributed by atoms with Crippen molar-refractivity contribution in [2.75, 3.05) is 0 Å². The lowest BCUT2D eigenvalue weighted by molar-refractivity contribution is -0.112. The van der Waals surface area contributed by atoms with Gasteiger partial charge >= 0.3 is 0 Å². The third-order valence-corrected chi connectivity index (χ3v) is 3.15. The molecule has 0 aromatic heterocycles. The largest absolute Gasteiger partial charge is 0.543 e. The zero-order chi connectivity index (χ0) is 9.78. The van der Waals surface area contributed by atoms with Crippen LogP contribution in [0.25, 0.3) is 0 Å². The lowest BCUT2D eigenvalue weighted by Gasteiger charge is -2.19. The van der Waals surface area contributed by atoms with Crippen LogP contribution in [0.1, 0.15) is 13.8 Å². The van der Waals surface area contributed by atoms with Crippen molar-refractivity contribution in [3.8, 4) is 0 Å². The summed E-state index contributed by atoms with van der Waals surface area (Å²) in [6.45, 7) is 11.0. The number of carbonyl (C=O) groups is 1. The quantitative estimate of drug-likeness (QED) is 0.381. The van der Waals surface area contributed by atoms with E-state index in [1.165, 1.54) is 13.0 Å². The van der Waals surface area contributed by atoms with Crippen LogP contribution in [0, 0.1) is 0 Å². The lowest BCUT2D eigenvalue weighted by Crippen LogP contribution is -2.26. The van der Waals surface area contributed by atoms with Gasteiger partial charge in [-0.05, 0) is 26.9 Å². The molecule has 0 fully saturated rings. The molecule has 0 spiro atoms. The molecular weight excluding hydrogens is 168 g/mol. The summed E-state index contributed by atoms with van der Waals surface area (Å²) in [6, 6.07) is 0. The Bertz CT molecular complexity index is 217. The van der Waals surface area contributed by atoms with Crippen molar-refractivity contribution in [1.82, 2.24) is 0 Å². The lowest BCUT2D eigenvalue weighted by atomic mass is 10.4. The molecule has 0 N–H and O–H groups in total. The molecule has 0 amide bonds. The van der Waals surface area contributed by atoms with E-state index in [1.54, 1.807) is 6.92 Å². The maximum atomic E-state index is 10.7. The summed E-state index contributed by atoms with van der Waals surface area (Å²) >= 11 is 0. The van der Waals surface area contributed by atoms with Gasteiger partial charge in [0.05, 0.1) is 5.76 Å². The first-order chi connectivity index (χ1) is 5.37. The molecule has 2 nitrogen and oxygen atoms in total. The van der Waals surface area contributed by atoms with E-state index in [0.29, 0.717) is 5.76 Å². The smallest absolute Gasteiger partial charge is 0.268 e. The average Bonchev–Trinajstić information content (AvgIpc) is 1.84. The van der Waals surface area contributed by atoms with Crippen LogP contribution in [-0.4, -0.2) is 14.1 Å². The fourth-order valence-corrected chi connectivity index (χ4v) is 1.74. The van der Waals surface area contributed by atoms with Crippen LogP contribution < -0.4 is 0 Å². The van der Waals surface area contributed by atoms with E-state index in [1.807, 2.05) is 18.8 Å². The molecule has 0 aromatic rings. The summed E-state index contributed by atoms with van der Waals surface area (Å²) in [6.07, 6.45) is 1.50. The Morgan fingerprint density at radius 2 is 1.92 bits per heavy atom. The van der Waals surface area contributed by atoms with Crippen LogP contribution >= 0.6 is 0 Å². The van der Waals surface area contributed by atoms with E-state index in [9.17, 15) is 4.79 Å². The number of hydrogen-bond acceptors (Lipinski definition) is 2. The maximum absolute atomic E-state index is 10.7. The first kappa shape index (κ1) is 11.2. The summed E-state index contributed by atoms with van der Waals surface area (Å²) in [5.74, 6) is 0.695. The van der Waals surface area contributed by atoms with Gasteiger partial charge in [0.25, 0.3) is 8.32 Å². The third-order valence-electron chi connectivity index (χ3n) is 1.32. The van der Waals surface area contributed by atoms with Gasteiger partial charge in [-0.2, -0.15) is 0 Å². The molecule has 0 aromatic carbocycles. The standard InChI is InChI=1S/C9H16O2Si/c1-6-12(4,5)11-9(3)7-8(2)10/h6-7H,1H2,2-5H3/b9-7-. The number of rotatable bonds is 4. The first-order valence-electron chi connectivity index (χ1n) is 3.89. The van der Waals surface area contributed by atoms with Gasteiger partial charge in [-0.3, -0.25) is 4.79 Å². The van der Waals surface area contributed by atoms with E-state index in [4.69, 9.17) is 4.43 Å². The predicted octanol–water partition coefficient (Wildman–Crippen LogP) is 2.43. The highest BCUT2D eigenvalue weighted by Crippen LogP contribution is 2.10. The van der Waals surface area contributed by atoms with Gasteiger partial charge in [0, 0.05) is 6.08 Å². The summed E-state index contributed by atoms with van der Waals surface area (Å²) in [5, 5.41) is 0. The van der Waals surface area contributed by atoms with E-state index in [2.05, 4.69) is 6.58 Å². The molecule has 0 aliphatic heterocycles. The van der Waals surface area contributed by atoms with Crippen molar-refractivity contribution in [2.45, 2.75) is 26.9 Å². The molecule has 0 saturated carbocycles. The molecule has 0 rings (SSSR count). The maximum Gasteiger partial charge on any atom is 0.268 e. The van der Waals surface area contributed by atoms with Gasteiger partial charge < -0.3 is 4.43 Å². The molecule has 0 heterocycles. The molecule has 0 bridgehead atoms. The van der Waals surface area contributed by atoms with Crippen LogP contribution in [0.3, 0.4) is 0 Å². The van der Waals surface area contributed by atoms with Crippen LogP contribution in [0.5, 0.6) is 0 Å². The molecule has 0 aliphatic carbocycles. The van der Waals surface area contributed by atoms with E-state index < -0.39 is 8.32 Å². The normalized spacial score (nSPS) is 12.5. The van der Waals surface area contributed by atoms with Gasteiger partial charge in [0.2, 0.25) is 0 Å². The Labute approximate surface area is 75.1 Å². The van der Waals surface area contributed by atoms with E-state index in [0.717, 1.165) is 0 Å². The van der Waals surface area contributed by atoms with Crippen molar-refractivity contribution < 1.29 is 9.22 Å². The number of allylic oxidation sites excluding steroid dienone is 2. The number of carbonyl (C=O) groups excluding carboxylic acids is 1. The van der Waals surface area contributed by atoms with Crippen LogP contribution in [-0.2, 0) is 9.22 Å². The zero-order valence-corrected chi connectivity index (χ0v) is 9.18. The SMILES string of the molecule is C=C[Si](C)(C)O/C(C)=C\C(C)=O. The molecule has 0 saturated heterocycles. The number of hydrogen-bond donors (Lipinski definition) is 0. The Kier molecular flexibility index (Phi) is 3.96. The molecular formula is C9H16O2Si. The van der Waals surface area contributed by atoms with Crippen LogP contribution in [0.15, 0.2) is 24.1 Å². The monoisotopic (exact) mass is 184 g/mol. The summed E-state index contributed by atoms with van der Waals surface area (Å²) in [5.41, 5.74) is 1.84. The highest BCUT2D eigenvalue weighted by molar-refractivity contribution is 6.76. The van der Waals surface area contributed by atoms with Crippen molar-refractivity contribution in [3.05, 3.63) is 24.1 Å². The topological polar surface area (TPSA) is 26.3 Å². The fourth-order valence-electron chi connectivity index (χ4n) is 0.772. The minimum Gasteiger partial charge on any atom is -0.543 e. The second-order valence-corrected chi connectivity index (χ2v) is 7.09. The summed E-state index contributed by atoms with van der Waals surface area (Å²) < 4.78 is 5.56. The summed E-state index contributed by atoms with van der Waals surface area (Å²) in [4.78, 5) is 10.7. The third kappa shape index (κ3) is 4.90. The van der Waals surface area contributed by atoms with Crippen LogP contribution in [0.4, 0.5) is 0 Å². The van der Waals surface area contributed by atoms with E-state index >= 15 is 0 Å². The van der Waals surface area contributed by atoms with Crippen LogP contribution in [0.2, 0.25) is 13.1 Å². The first-order valence-corrected chi connectivity index (χ1v) is 6.87. The van der Waals surface area contributed by atoms with Gasteiger partial charge in [0.15, 0.2) is 5.78 Å². The summed E-state index contributed by atoms with van der Waals surface area (Å²) in [7, 11) is -1.76. The zero-order valence-electron chi connectivity index (χ0n) is 8.18. The predicted molar refractivity (Wildman–Crippen MR) is 53.2 cm³/mol. The van der Waals surface area contributed by atoms with Crippen molar-refractivity contribution in [3.63, 3.8) is 0 Å². The fraction of sp³-hybridized carbons (Fsp3) is 0.444.